The molecule has 0 radical (unpaired) electrons. The average Bonchev–Trinajstić information content (AvgIpc) is 2.62. The molecule has 5 heteroatoms. The minimum absolute atomic E-state index is 0.0384. The third kappa shape index (κ3) is 3.55. The van der Waals surface area contributed by atoms with E-state index in [1.807, 2.05) is 40.1 Å². The van der Waals surface area contributed by atoms with E-state index in [1.165, 1.54) is 0 Å². The standard InChI is InChI=1S/C18H25N3O2/c1-14-12-19-9-11-21(14)18(23)16-8-5-10-20(13-16)17(22)15-6-3-2-4-7-15/h2-4,6-7,14,16,19H,5,8-13H2,1H3/t14-,16?/m1/s1. The highest BCUT2D eigenvalue weighted by molar-refractivity contribution is 5.94. The van der Waals surface area contributed by atoms with Gasteiger partial charge < -0.3 is 15.1 Å². The molecule has 2 fully saturated rings. The number of piperazine rings is 1. The van der Waals surface area contributed by atoms with Gasteiger partial charge in [-0.15, -0.1) is 0 Å². The zero-order chi connectivity index (χ0) is 16.2. The van der Waals surface area contributed by atoms with E-state index in [0.717, 1.165) is 39.0 Å². The smallest absolute Gasteiger partial charge is 0.253 e. The molecule has 2 aliphatic heterocycles. The molecule has 23 heavy (non-hydrogen) atoms. The average molecular weight is 315 g/mol. The van der Waals surface area contributed by atoms with Gasteiger partial charge in [0.1, 0.15) is 0 Å². The van der Waals surface area contributed by atoms with Gasteiger partial charge in [-0.25, -0.2) is 0 Å². The Labute approximate surface area is 137 Å². The Morgan fingerprint density at radius 2 is 1.96 bits per heavy atom. The topological polar surface area (TPSA) is 52.7 Å². The number of nitrogens with one attached hydrogen (secondary N) is 1. The predicted octanol–water partition coefficient (Wildman–Crippen LogP) is 1.36. The Morgan fingerprint density at radius 3 is 2.70 bits per heavy atom. The van der Waals surface area contributed by atoms with Crippen molar-refractivity contribution < 1.29 is 9.59 Å². The van der Waals surface area contributed by atoms with Crippen molar-refractivity contribution in [3.63, 3.8) is 0 Å². The summed E-state index contributed by atoms with van der Waals surface area (Å²) in [5, 5.41) is 3.31. The first-order valence-electron chi connectivity index (χ1n) is 8.52. The Kier molecular flexibility index (Phi) is 4.96. The van der Waals surface area contributed by atoms with E-state index >= 15 is 0 Å². The molecule has 0 spiro atoms. The van der Waals surface area contributed by atoms with Crippen molar-refractivity contribution in [2.45, 2.75) is 25.8 Å². The minimum Gasteiger partial charge on any atom is -0.338 e. The van der Waals surface area contributed by atoms with E-state index in [2.05, 4.69) is 12.2 Å². The zero-order valence-electron chi connectivity index (χ0n) is 13.7. The highest BCUT2D eigenvalue weighted by Gasteiger charge is 2.33. The first-order valence-corrected chi connectivity index (χ1v) is 8.52. The summed E-state index contributed by atoms with van der Waals surface area (Å²) in [7, 11) is 0. The Balaban J connectivity index is 1.66. The normalized spacial score (nSPS) is 25.3. The van der Waals surface area contributed by atoms with Crippen molar-refractivity contribution in [1.29, 1.82) is 0 Å². The van der Waals surface area contributed by atoms with E-state index in [0.29, 0.717) is 12.1 Å². The fourth-order valence-corrected chi connectivity index (χ4v) is 3.53. The van der Waals surface area contributed by atoms with Crippen LogP contribution < -0.4 is 5.32 Å². The van der Waals surface area contributed by atoms with Crippen molar-refractivity contribution >= 4 is 11.8 Å². The maximum atomic E-state index is 12.8. The second-order valence-electron chi connectivity index (χ2n) is 6.54. The molecule has 3 rings (SSSR count). The van der Waals surface area contributed by atoms with Crippen molar-refractivity contribution in [1.82, 2.24) is 15.1 Å². The van der Waals surface area contributed by atoms with Crippen LogP contribution in [0.2, 0.25) is 0 Å². The van der Waals surface area contributed by atoms with Crippen LogP contribution in [0.1, 0.15) is 30.1 Å². The van der Waals surface area contributed by atoms with Gasteiger partial charge in [0.05, 0.1) is 5.92 Å². The molecule has 0 aliphatic carbocycles. The predicted molar refractivity (Wildman–Crippen MR) is 89.1 cm³/mol. The number of carbonyl (C=O) groups is 2. The van der Waals surface area contributed by atoms with Crippen LogP contribution in [0.3, 0.4) is 0 Å². The summed E-state index contributed by atoms with van der Waals surface area (Å²) in [5.74, 6) is 0.193. The van der Waals surface area contributed by atoms with Crippen LogP contribution in [-0.2, 0) is 4.79 Å². The first-order chi connectivity index (χ1) is 11.2. The van der Waals surface area contributed by atoms with E-state index in [4.69, 9.17) is 0 Å². The van der Waals surface area contributed by atoms with E-state index in [9.17, 15) is 9.59 Å². The number of hydrogen-bond donors (Lipinski definition) is 1. The fourth-order valence-electron chi connectivity index (χ4n) is 3.53. The van der Waals surface area contributed by atoms with Gasteiger partial charge in [-0.2, -0.15) is 0 Å². The lowest BCUT2D eigenvalue weighted by Crippen LogP contribution is -2.55. The Hall–Kier alpha value is -1.88. The monoisotopic (exact) mass is 315 g/mol. The molecular weight excluding hydrogens is 290 g/mol. The molecule has 0 saturated carbocycles. The second kappa shape index (κ2) is 7.13. The molecule has 0 bridgehead atoms. The maximum Gasteiger partial charge on any atom is 0.253 e. The minimum atomic E-state index is -0.0584. The summed E-state index contributed by atoms with van der Waals surface area (Å²) in [6.45, 7) is 5.85. The van der Waals surface area contributed by atoms with Gasteiger partial charge in [0.25, 0.3) is 5.91 Å². The van der Waals surface area contributed by atoms with Crippen molar-refractivity contribution in [3.8, 4) is 0 Å². The lowest BCUT2D eigenvalue weighted by molar-refractivity contribution is -0.139. The third-order valence-electron chi connectivity index (χ3n) is 4.86. The molecule has 2 saturated heterocycles. The highest BCUT2D eigenvalue weighted by atomic mass is 16.2. The first kappa shape index (κ1) is 16.0. The van der Waals surface area contributed by atoms with E-state index in [1.54, 1.807) is 0 Å². The number of benzene rings is 1. The molecule has 1 aromatic carbocycles. The van der Waals surface area contributed by atoms with Crippen molar-refractivity contribution in [2.24, 2.45) is 5.92 Å². The number of nitrogens with zero attached hydrogens (tertiary/aromatic N) is 2. The third-order valence-corrected chi connectivity index (χ3v) is 4.86. The van der Waals surface area contributed by atoms with Crippen LogP contribution in [0.25, 0.3) is 0 Å². The lowest BCUT2D eigenvalue weighted by atomic mass is 9.95. The number of likely N-dealkylation sites (tertiary alicyclic amines) is 1. The number of carbonyl (C=O) groups excluding carboxylic acids is 2. The largest absolute Gasteiger partial charge is 0.338 e. The van der Waals surface area contributed by atoms with Gasteiger partial charge in [-0.1, -0.05) is 18.2 Å². The maximum absolute atomic E-state index is 12.8. The molecule has 124 valence electrons. The molecule has 2 heterocycles. The lowest BCUT2D eigenvalue weighted by Gasteiger charge is -2.39. The van der Waals surface area contributed by atoms with Crippen molar-refractivity contribution in [3.05, 3.63) is 35.9 Å². The Bertz CT molecular complexity index is 561. The van der Waals surface area contributed by atoms with Gasteiger partial charge in [0, 0.05) is 44.3 Å². The van der Waals surface area contributed by atoms with Gasteiger partial charge in [0.2, 0.25) is 5.91 Å². The molecule has 2 amide bonds. The number of amides is 2. The van der Waals surface area contributed by atoms with Crippen LogP contribution in [0, 0.1) is 5.92 Å². The van der Waals surface area contributed by atoms with Gasteiger partial charge in [-0.3, -0.25) is 9.59 Å². The van der Waals surface area contributed by atoms with Gasteiger partial charge in [0.15, 0.2) is 0 Å². The number of hydrogen-bond acceptors (Lipinski definition) is 3. The fraction of sp³-hybridized carbons (Fsp3) is 0.556. The van der Waals surface area contributed by atoms with Crippen LogP contribution in [-0.4, -0.2) is 60.4 Å². The van der Waals surface area contributed by atoms with Crippen LogP contribution in [0.4, 0.5) is 0 Å². The van der Waals surface area contributed by atoms with E-state index in [-0.39, 0.29) is 23.8 Å². The van der Waals surface area contributed by atoms with Crippen molar-refractivity contribution in [2.75, 3.05) is 32.7 Å². The summed E-state index contributed by atoms with van der Waals surface area (Å²) in [4.78, 5) is 29.3. The zero-order valence-corrected chi connectivity index (χ0v) is 13.7. The number of piperidine rings is 1. The van der Waals surface area contributed by atoms with Crippen LogP contribution >= 0.6 is 0 Å². The molecule has 2 atom stereocenters. The summed E-state index contributed by atoms with van der Waals surface area (Å²) >= 11 is 0. The molecule has 0 aromatic heterocycles. The molecule has 1 aromatic rings. The Morgan fingerprint density at radius 1 is 1.17 bits per heavy atom. The van der Waals surface area contributed by atoms with Gasteiger partial charge in [-0.05, 0) is 31.9 Å². The summed E-state index contributed by atoms with van der Waals surface area (Å²) in [6, 6.07) is 9.57. The highest BCUT2D eigenvalue weighted by Crippen LogP contribution is 2.22. The molecule has 1 unspecified atom stereocenters. The second-order valence-corrected chi connectivity index (χ2v) is 6.54. The van der Waals surface area contributed by atoms with Gasteiger partial charge >= 0.3 is 0 Å². The molecule has 5 nitrogen and oxygen atoms in total. The van der Waals surface area contributed by atoms with Crippen LogP contribution in [0.5, 0.6) is 0 Å². The molecule has 2 aliphatic rings. The summed E-state index contributed by atoms with van der Waals surface area (Å²) in [6.07, 6.45) is 1.78. The SMILES string of the molecule is C[C@@H]1CNCCN1C(=O)C1CCCN(C(=O)c2ccccc2)C1. The summed E-state index contributed by atoms with van der Waals surface area (Å²) in [5.41, 5.74) is 0.705. The summed E-state index contributed by atoms with van der Waals surface area (Å²) < 4.78 is 0. The molecular formula is C18H25N3O2. The quantitative estimate of drug-likeness (QED) is 0.896. The van der Waals surface area contributed by atoms with Crippen LogP contribution in [0.15, 0.2) is 30.3 Å². The molecule has 1 N–H and O–H groups in total. The van der Waals surface area contributed by atoms with E-state index < -0.39 is 0 Å². The number of rotatable bonds is 2.